The number of imidazole rings is 1. The highest BCUT2D eigenvalue weighted by Crippen LogP contribution is 2.12. The number of nitrogens with one attached hydrogen (secondary N) is 2. The molecule has 4 N–H and O–H groups in total. The minimum atomic E-state index is 0.608. The molecule has 0 atom stereocenters. The van der Waals surface area contributed by atoms with Gasteiger partial charge in [0.05, 0.1) is 0 Å². The lowest BCUT2D eigenvalue weighted by Gasteiger charge is -2.09. The molecule has 0 saturated heterocycles. The Bertz CT molecular complexity index is 265. The summed E-state index contributed by atoms with van der Waals surface area (Å²) in [5, 5.41) is 3.16. The van der Waals surface area contributed by atoms with Crippen molar-refractivity contribution in [1.29, 1.82) is 0 Å². The average Bonchev–Trinajstić information content (AvgIpc) is 2.29. The number of hydrogen-bond acceptors (Lipinski definition) is 4. The number of rotatable bonds is 4. The zero-order chi connectivity index (χ0) is 9.84. The maximum absolute atomic E-state index is 5.66. The molecule has 5 nitrogen and oxygen atoms in total. The van der Waals surface area contributed by atoms with Gasteiger partial charge >= 0.3 is 0 Å². The minimum absolute atomic E-state index is 0.608. The van der Waals surface area contributed by atoms with Crippen LogP contribution in [0.15, 0.2) is 0 Å². The zero-order valence-electron chi connectivity index (χ0n) is 8.39. The van der Waals surface area contributed by atoms with E-state index in [2.05, 4.69) is 20.2 Å². The molecule has 0 amide bonds. The van der Waals surface area contributed by atoms with Crippen molar-refractivity contribution >= 4 is 11.6 Å². The van der Waals surface area contributed by atoms with Crippen molar-refractivity contribution in [2.75, 3.05) is 38.2 Å². The van der Waals surface area contributed by atoms with Crippen molar-refractivity contribution < 1.29 is 0 Å². The molecule has 13 heavy (non-hydrogen) atoms. The van der Waals surface area contributed by atoms with Gasteiger partial charge in [-0.15, -0.1) is 0 Å². The molecule has 0 radical (unpaired) electrons. The molecule has 0 aliphatic carbocycles. The number of aromatic nitrogens is 2. The molecule has 0 aliphatic rings. The maximum Gasteiger partial charge on any atom is 0.168 e. The highest BCUT2D eigenvalue weighted by atomic mass is 15.1. The SMILES string of the molecule is Cc1nc(NCCN(C)C)c(N)[nH]1. The first-order valence-corrected chi connectivity index (χ1v) is 4.30. The second kappa shape index (κ2) is 4.13. The number of aryl methyl sites for hydroxylation is 1. The van der Waals surface area contributed by atoms with Gasteiger partial charge in [0.1, 0.15) is 11.6 Å². The lowest BCUT2D eigenvalue weighted by Crippen LogP contribution is -2.21. The van der Waals surface area contributed by atoms with E-state index in [1.165, 1.54) is 0 Å². The normalized spacial score (nSPS) is 10.8. The van der Waals surface area contributed by atoms with Gasteiger partial charge in [0.25, 0.3) is 0 Å². The maximum atomic E-state index is 5.66. The summed E-state index contributed by atoms with van der Waals surface area (Å²) >= 11 is 0. The molecule has 0 aliphatic heterocycles. The number of H-pyrrole nitrogens is 1. The Morgan fingerprint density at radius 3 is 2.69 bits per heavy atom. The van der Waals surface area contributed by atoms with E-state index in [9.17, 15) is 0 Å². The van der Waals surface area contributed by atoms with Crippen LogP contribution in [-0.4, -0.2) is 42.1 Å². The monoisotopic (exact) mass is 183 g/mol. The van der Waals surface area contributed by atoms with E-state index in [0.717, 1.165) is 24.7 Å². The third kappa shape index (κ3) is 2.95. The van der Waals surface area contributed by atoms with Crippen molar-refractivity contribution in [3.63, 3.8) is 0 Å². The Balaban J connectivity index is 2.40. The van der Waals surface area contributed by atoms with Gasteiger partial charge < -0.3 is 20.9 Å². The lowest BCUT2D eigenvalue weighted by atomic mass is 10.5. The number of hydrogen-bond donors (Lipinski definition) is 3. The predicted octanol–water partition coefficient (Wildman–Crippen LogP) is 0.274. The second-order valence-corrected chi connectivity index (χ2v) is 3.31. The lowest BCUT2D eigenvalue weighted by molar-refractivity contribution is 0.425. The van der Waals surface area contributed by atoms with E-state index in [4.69, 9.17) is 5.73 Å². The Labute approximate surface area is 78.3 Å². The fourth-order valence-corrected chi connectivity index (χ4v) is 1.04. The van der Waals surface area contributed by atoms with Crippen LogP contribution in [-0.2, 0) is 0 Å². The van der Waals surface area contributed by atoms with E-state index >= 15 is 0 Å². The molecule has 1 heterocycles. The number of anilines is 2. The van der Waals surface area contributed by atoms with Crippen LogP contribution in [0.5, 0.6) is 0 Å². The van der Waals surface area contributed by atoms with Gasteiger partial charge in [0.2, 0.25) is 0 Å². The van der Waals surface area contributed by atoms with Crippen molar-refractivity contribution in [1.82, 2.24) is 14.9 Å². The van der Waals surface area contributed by atoms with Gasteiger partial charge in [-0.1, -0.05) is 0 Å². The Kier molecular flexibility index (Phi) is 3.13. The van der Waals surface area contributed by atoms with E-state index in [0.29, 0.717) is 5.82 Å². The first-order chi connectivity index (χ1) is 6.09. The van der Waals surface area contributed by atoms with Crippen LogP contribution in [0.1, 0.15) is 5.82 Å². The number of aromatic amines is 1. The molecule has 5 heteroatoms. The smallest absolute Gasteiger partial charge is 0.168 e. The van der Waals surface area contributed by atoms with Gasteiger partial charge in [0.15, 0.2) is 5.82 Å². The number of nitrogen functional groups attached to an aromatic ring is 1. The standard InChI is InChI=1S/C8H17N5/c1-6-11-7(9)8(12-6)10-4-5-13(2)3/h10H,4-5,9H2,1-3H3,(H,11,12). The van der Waals surface area contributed by atoms with Crippen molar-refractivity contribution in [2.45, 2.75) is 6.92 Å². The summed E-state index contributed by atoms with van der Waals surface area (Å²) in [7, 11) is 4.06. The van der Waals surface area contributed by atoms with Gasteiger partial charge in [-0.3, -0.25) is 0 Å². The van der Waals surface area contributed by atoms with Crippen molar-refractivity contribution in [3.8, 4) is 0 Å². The predicted molar refractivity (Wildman–Crippen MR) is 54.8 cm³/mol. The zero-order valence-corrected chi connectivity index (χ0v) is 8.39. The molecule has 0 unspecified atom stereocenters. The summed E-state index contributed by atoms with van der Waals surface area (Å²) in [5.74, 6) is 2.19. The summed E-state index contributed by atoms with van der Waals surface area (Å²) in [4.78, 5) is 9.23. The molecule has 0 fully saturated rings. The van der Waals surface area contributed by atoms with Gasteiger partial charge in [0, 0.05) is 13.1 Å². The van der Waals surface area contributed by atoms with Crippen LogP contribution in [0.4, 0.5) is 11.6 Å². The first kappa shape index (κ1) is 9.85. The van der Waals surface area contributed by atoms with E-state index in [-0.39, 0.29) is 0 Å². The fraction of sp³-hybridized carbons (Fsp3) is 0.625. The van der Waals surface area contributed by atoms with Crippen LogP contribution in [0, 0.1) is 6.92 Å². The van der Waals surface area contributed by atoms with Crippen LogP contribution in [0.25, 0.3) is 0 Å². The van der Waals surface area contributed by atoms with Gasteiger partial charge in [-0.2, -0.15) is 0 Å². The number of likely N-dealkylation sites (N-methyl/N-ethyl adjacent to an activating group) is 1. The quantitative estimate of drug-likeness (QED) is 0.627. The molecular weight excluding hydrogens is 166 g/mol. The average molecular weight is 183 g/mol. The molecule has 0 aromatic carbocycles. The Hall–Kier alpha value is -1.23. The van der Waals surface area contributed by atoms with E-state index in [1.807, 2.05) is 21.0 Å². The highest BCUT2D eigenvalue weighted by Gasteiger charge is 2.02. The first-order valence-electron chi connectivity index (χ1n) is 4.30. The molecule has 0 bridgehead atoms. The molecule has 1 aromatic heterocycles. The molecule has 0 spiro atoms. The summed E-state index contributed by atoms with van der Waals surface area (Å²) in [6.07, 6.45) is 0. The third-order valence-corrected chi connectivity index (χ3v) is 1.70. The Morgan fingerprint density at radius 1 is 1.54 bits per heavy atom. The molecule has 1 aromatic rings. The summed E-state index contributed by atoms with van der Waals surface area (Å²) < 4.78 is 0. The largest absolute Gasteiger partial charge is 0.382 e. The van der Waals surface area contributed by atoms with Crippen molar-refractivity contribution in [2.24, 2.45) is 0 Å². The molecular formula is C8H17N5. The van der Waals surface area contributed by atoms with E-state index < -0.39 is 0 Å². The molecule has 1 rings (SSSR count). The topological polar surface area (TPSA) is 70.0 Å². The summed E-state index contributed by atoms with van der Waals surface area (Å²) in [6.45, 7) is 3.69. The van der Waals surface area contributed by atoms with Crippen LogP contribution < -0.4 is 11.1 Å². The highest BCUT2D eigenvalue weighted by molar-refractivity contribution is 5.56. The van der Waals surface area contributed by atoms with Gasteiger partial charge in [-0.25, -0.2) is 4.98 Å². The minimum Gasteiger partial charge on any atom is -0.382 e. The van der Waals surface area contributed by atoms with Crippen LogP contribution in [0.2, 0.25) is 0 Å². The van der Waals surface area contributed by atoms with Crippen molar-refractivity contribution in [3.05, 3.63) is 5.82 Å². The van der Waals surface area contributed by atoms with Gasteiger partial charge in [-0.05, 0) is 21.0 Å². The van der Waals surface area contributed by atoms with Crippen LogP contribution in [0.3, 0.4) is 0 Å². The summed E-state index contributed by atoms with van der Waals surface area (Å²) in [6, 6.07) is 0. The second-order valence-electron chi connectivity index (χ2n) is 3.31. The Morgan fingerprint density at radius 2 is 2.23 bits per heavy atom. The number of nitrogens with zero attached hydrogens (tertiary/aromatic N) is 2. The van der Waals surface area contributed by atoms with Crippen LogP contribution >= 0.6 is 0 Å². The molecule has 74 valence electrons. The molecule has 0 saturated carbocycles. The van der Waals surface area contributed by atoms with E-state index in [1.54, 1.807) is 0 Å². The number of nitrogens with two attached hydrogens (primary N) is 1. The summed E-state index contributed by atoms with van der Waals surface area (Å²) in [5.41, 5.74) is 5.66. The fourth-order valence-electron chi connectivity index (χ4n) is 1.04. The third-order valence-electron chi connectivity index (χ3n) is 1.70.